The molecule has 0 aromatic rings. The van der Waals surface area contributed by atoms with E-state index in [-0.39, 0.29) is 11.4 Å². The van der Waals surface area contributed by atoms with Crippen molar-refractivity contribution in [2.45, 2.75) is 38.6 Å². The lowest BCUT2D eigenvalue weighted by atomic mass is 9.68. The summed E-state index contributed by atoms with van der Waals surface area (Å²) in [6.45, 7) is 6.14. The summed E-state index contributed by atoms with van der Waals surface area (Å²) in [6.07, 6.45) is 3.43. The molecule has 3 atom stereocenters. The molecule has 1 aliphatic carbocycles. The zero-order chi connectivity index (χ0) is 10.2. The standard InChI is InChI=1S/C11H20N2O/c1-8-3-4-9(2)11(7-8)10(14)12-5-6-13-11/h8-9,13H,3-7H2,1-2H3,(H,12,14). The van der Waals surface area contributed by atoms with Crippen LogP contribution >= 0.6 is 0 Å². The molecule has 0 aromatic heterocycles. The third kappa shape index (κ3) is 1.44. The minimum atomic E-state index is -0.254. The van der Waals surface area contributed by atoms with Crippen LogP contribution in [0.25, 0.3) is 0 Å². The Morgan fingerprint density at radius 3 is 2.79 bits per heavy atom. The maximum atomic E-state index is 12.0. The zero-order valence-electron chi connectivity index (χ0n) is 9.10. The van der Waals surface area contributed by atoms with Crippen LogP contribution in [0.4, 0.5) is 0 Å². The molecular formula is C11H20N2O. The Kier molecular flexibility index (Phi) is 2.52. The van der Waals surface area contributed by atoms with Gasteiger partial charge in [0.1, 0.15) is 5.54 Å². The second kappa shape index (κ2) is 3.54. The second-order valence-electron chi connectivity index (χ2n) is 4.94. The minimum absolute atomic E-state index is 0.225. The van der Waals surface area contributed by atoms with Gasteiger partial charge in [-0.15, -0.1) is 0 Å². The normalized spacial score (nSPS) is 43.7. The molecule has 2 rings (SSSR count). The van der Waals surface area contributed by atoms with Gasteiger partial charge in [0.25, 0.3) is 0 Å². The van der Waals surface area contributed by atoms with Gasteiger partial charge in [-0.25, -0.2) is 0 Å². The maximum Gasteiger partial charge on any atom is 0.240 e. The van der Waals surface area contributed by atoms with Crippen molar-refractivity contribution >= 4 is 5.91 Å². The zero-order valence-corrected chi connectivity index (χ0v) is 9.10. The van der Waals surface area contributed by atoms with Crippen LogP contribution in [0.3, 0.4) is 0 Å². The molecule has 0 radical (unpaired) electrons. The topological polar surface area (TPSA) is 41.1 Å². The Balaban J connectivity index is 2.20. The van der Waals surface area contributed by atoms with Gasteiger partial charge < -0.3 is 10.6 Å². The molecule has 3 heteroatoms. The Hall–Kier alpha value is -0.570. The van der Waals surface area contributed by atoms with Crippen LogP contribution in [-0.4, -0.2) is 24.5 Å². The molecule has 3 unspecified atom stereocenters. The molecule has 0 aromatic carbocycles. The van der Waals surface area contributed by atoms with Crippen LogP contribution in [0.1, 0.15) is 33.1 Å². The first-order chi connectivity index (χ1) is 6.65. The largest absolute Gasteiger partial charge is 0.353 e. The molecule has 1 spiro atoms. The van der Waals surface area contributed by atoms with Crippen molar-refractivity contribution in [3.63, 3.8) is 0 Å². The lowest BCUT2D eigenvalue weighted by Crippen LogP contribution is -2.67. The maximum absolute atomic E-state index is 12.0. The summed E-state index contributed by atoms with van der Waals surface area (Å²) in [5.41, 5.74) is -0.254. The molecule has 1 aliphatic heterocycles. The molecule has 1 saturated carbocycles. The van der Waals surface area contributed by atoms with Crippen LogP contribution < -0.4 is 10.6 Å². The van der Waals surface area contributed by atoms with Crippen molar-refractivity contribution in [3.05, 3.63) is 0 Å². The Morgan fingerprint density at radius 1 is 1.29 bits per heavy atom. The van der Waals surface area contributed by atoms with Gasteiger partial charge in [-0.05, 0) is 24.7 Å². The summed E-state index contributed by atoms with van der Waals surface area (Å²) in [7, 11) is 0. The van der Waals surface area contributed by atoms with E-state index in [1.807, 2.05) is 0 Å². The number of nitrogens with one attached hydrogen (secondary N) is 2. The predicted molar refractivity (Wildman–Crippen MR) is 55.9 cm³/mol. The van der Waals surface area contributed by atoms with Crippen LogP contribution in [-0.2, 0) is 4.79 Å². The van der Waals surface area contributed by atoms with Gasteiger partial charge in [-0.1, -0.05) is 20.3 Å². The van der Waals surface area contributed by atoms with Crippen LogP contribution in [0.5, 0.6) is 0 Å². The molecule has 1 amide bonds. The van der Waals surface area contributed by atoms with E-state index in [4.69, 9.17) is 0 Å². The van der Waals surface area contributed by atoms with Crippen molar-refractivity contribution in [2.24, 2.45) is 11.8 Å². The van der Waals surface area contributed by atoms with E-state index in [1.54, 1.807) is 0 Å². The molecule has 80 valence electrons. The highest BCUT2D eigenvalue weighted by atomic mass is 16.2. The SMILES string of the molecule is CC1CCC(C)C2(C1)NCCNC2=O. The summed E-state index contributed by atoms with van der Waals surface area (Å²) in [5.74, 6) is 1.37. The molecule has 2 aliphatic rings. The predicted octanol–water partition coefficient (Wildman–Crippen LogP) is 0.901. The Morgan fingerprint density at radius 2 is 2.07 bits per heavy atom. The fourth-order valence-electron chi connectivity index (χ4n) is 2.90. The van der Waals surface area contributed by atoms with Gasteiger partial charge in [0.15, 0.2) is 0 Å². The highest BCUT2D eigenvalue weighted by molar-refractivity contribution is 5.87. The molecular weight excluding hydrogens is 176 g/mol. The van der Waals surface area contributed by atoms with E-state index < -0.39 is 0 Å². The van der Waals surface area contributed by atoms with Gasteiger partial charge in [0.2, 0.25) is 5.91 Å². The van der Waals surface area contributed by atoms with E-state index >= 15 is 0 Å². The summed E-state index contributed by atoms with van der Waals surface area (Å²) in [4.78, 5) is 12.0. The summed E-state index contributed by atoms with van der Waals surface area (Å²) < 4.78 is 0. The number of piperazine rings is 1. The monoisotopic (exact) mass is 196 g/mol. The second-order valence-corrected chi connectivity index (χ2v) is 4.94. The highest BCUT2D eigenvalue weighted by Crippen LogP contribution is 2.37. The third-order valence-electron chi connectivity index (χ3n) is 3.86. The number of carbonyl (C=O) groups excluding carboxylic acids is 1. The van der Waals surface area contributed by atoms with Gasteiger partial charge >= 0.3 is 0 Å². The van der Waals surface area contributed by atoms with Gasteiger partial charge in [0, 0.05) is 13.1 Å². The smallest absolute Gasteiger partial charge is 0.240 e. The van der Waals surface area contributed by atoms with Crippen molar-refractivity contribution in [1.82, 2.24) is 10.6 Å². The van der Waals surface area contributed by atoms with E-state index in [0.717, 1.165) is 19.5 Å². The number of hydrogen-bond acceptors (Lipinski definition) is 2. The molecule has 2 fully saturated rings. The first-order valence-electron chi connectivity index (χ1n) is 5.68. The minimum Gasteiger partial charge on any atom is -0.353 e. The number of amides is 1. The van der Waals surface area contributed by atoms with E-state index in [0.29, 0.717) is 11.8 Å². The summed E-state index contributed by atoms with van der Waals surface area (Å²) >= 11 is 0. The molecule has 14 heavy (non-hydrogen) atoms. The number of hydrogen-bond donors (Lipinski definition) is 2. The van der Waals surface area contributed by atoms with Crippen LogP contribution in [0.2, 0.25) is 0 Å². The highest BCUT2D eigenvalue weighted by Gasteiger charge is 2.47. The lowest BCUT2D eigenvalue weighted by Gasteiger charge is -2.46. The molecule has 0 bridgehead atoms. The molecule has 1 saturated heterocycles. The lowest BCUT2D eigenvalue weighted by molar-refractivity contribution is -0.134. The Bertz CT molecular complexity index is 241. The Labute approximate surface area is 85.6 Å². The van der Waals surface area contributed by atoms with Gasteiger partial charge in [-0.2, -0.15) is 0 Å². The van der Waals surface area contributed by atoms with E-state index in [1.165, 1.54) is 12.8 Å². The summed E-state index contributed by atoms with van der Waals surface area (Å²) in [5, 5.41) is 6.44. The first-order valence-corrected chi connectivity index (χ1v) is 5.68. The average molecular weight is 196 g/mol. The van der Waals surface area contributed by atoms with Crippen molar-refractivity contribution in [1.29, 1.82) is 0 Å². The fourth-order valence-corrected chi connectivity index (χ4v) is 2.90. The average Bonchev–Trinajstić information content (AvgIpc) is 2.17. The molecule has 1 heterocycles. The number of carbonyl (C=O) groups is 1. The van der Waals surface area contributed by atoms with Crippen molar-refractivity contribution in [3.8, 4) is 0 Å². The summed E-state index contributed by atoms with van der Waals surface area (Å²) in [6, 6.07) is 0. The van der Waals surface area contributed by atoms with Crippen LogP contribution in [0.15, 0.2) is 0 Å². The number of rotatable bonds is 0. The van der Waals surface area contributed by atoms with Crippen molar-refractivity contribution in [2.75, 3.05) is 13.1 Å². The van der Waals surface area contributed by atoms with Crippen molar-refractivity contribution < 1.29 is 4.79 Å². The van der Waals surface area contributed by atoms with E-state index in [2.05, 4.69) is 24.5 Å². The van der Waals surface area contributed by atoms with Gasteiger partial charge in [0.05, 0.1) is 0 Å². The molecule has 2 N–H and O–H groups in total. The van der Waals surface area contributed by atoms with E-state index in [9.17, 15) is 4.79 Å². The quantitative estimate of drug-likeness (QED) is 0.604. The third-order valence-corrected chi connectivity index (χ3v) is 3.86. The fraction of sp³-hybridized carbons (Fsp3) is 0.909. The van der Waals surface area contributed by atoms with Crippen LogP contribution in [0, 0.1) is 11.8 Å². The van der Waals surface area contributed by atoms with Gasteiger partial charge in [-0.3, -0.25) is 4.79 Å². The molecule has 3 nitrogen and oxygen atoms in total. The first kappa shape index (κ1) is 9.97.